The van der Waals surface area contributed by atoms with Crippen LogP contribution in [-0.4, -0.2) is 11.5 Å². The smallest absolute Gasteiger partial charge is 0.0794 e. The molecule has 0 saturated heterocycles. The van der Waals surface area contributed by atoms with Gasteiger partial charge in [-0.05, 0) is 24.6 Å². The first kappa shape index (κ1) is 13.8. The number of rotatable bonds is 5. The first-order valence-corrected chi connectivity index (χ1v) is 7.40. The maximum atomic E-state index is 6.23. The number of thiazole rings is 1. The Balaban J connectivity index is 2.21. The third-order valence-electron chi connectivity index (χ3n) is 2.70. The SMILES string of the molecule is CCNC(Cc1cccc(Cl)c1Cl)c1cncs1. The van der Waals surface area contributed by atoms with Crippen LogP contribution in [0.1, 0.15) is 23.4 Å². The number of likely N-dealkylation sites (N-methyl/N-ethyl adjacent to an activating group) is 1. The van der Waals surface area contributed by atoms with Gasteiger partial charge in [0.05, 0.1) is 15.6 Å². The number of hydrogen-bond donors (Lipinski definition) is 1. The van der Waals surface area contributed by atoms with Gasteiger partial charge < -0.3 is 5.32 Å². The Bertz CT molecular complexity index is 500. The minimum atomic E-state index is 0.235. The number of nitrogens with one attached hydrogen (secondary N) is 1. The molecule has 18 heavy (non-hydrogen) atoms. The van der Waals surface area contributed by atoms with E-state index in [1.165, 1.54) is 4.88 Å². The van der Waals surface area contributed by atoms with E-state index in [9.17, 15) is 0 Å². The number of hydrogen-bond acceptors (Lipinski definition) is 3. The van der Waals surface area contributed by atoms with Gasteiger partial charge in [0.15, 0.2) is 0 Å². The Kier molecular flexibility index (Phi) is 5.01. The average molecular weight is 301 g/mol. The van der Waals surface area contributed by atoms with Crippen LogP contribution in [0.25, 0.3) is 0 Å². The van der Waals surface area contributed by atoms with E-state index in [1.807, 2.05) is 29.9 Å². The summed E-state index contributed by atoms with van der Waals surface area (Å²) >= 11 is 13.9. The minimum absolute atomic E-state index is 0.235. The predicted octanol–water partition coefficient (Wildman–Crippen LogP) is 4.34. The number of benzene rings is 1. The zero-order valence-corrected chi connectivity index (χ0v) is 12.3. The quantitative estimate of drug-likeness (QED) is 0.888. The summed E-state index contributed by atoms with van der Waals surface area (Å²) in [6, 6.07) is 5.99. The Morgan fingerprint density at radius 2 is 2.22 bits per heavy atom. The summed E-state index contributed by atoms with van der Waals surface area (Å²) in [5, 5.41) is 4.70. The summed E-state index contributed by atoms with van der Waals surface area (Å²) in [6.07, 6.45) is 2.71. The Labute approximate surface area is 121 Å². The van der Waals surface area contributed by atoms with Crippen molar-refractivity contribution in [3.63, 3.8) is 0 Å². The average Bonchev–Trinajstić information content (AvgIpc) is 2.88. The van der Waals surface area contributed by atoms with Crippen LogP contribution in [0.15, 0.2) is 29.9 Å². The van der Waals surface area contributed by atoms with Crippen LogP contribution in [-0.2, 0) is 6.42 Å². The van der Waals surface area contributed by atoms with Gasteiger partial charge in [-0.25, -0.2) is 0 Å². The van der Waals surface area contributed by atoms with E-state index >= 15 is 0 Å². The molecule has 0 fully saturated rings. The van der Waals surface area contributed by atoms with Crippen LogP contribution in [0.4, 0.5) is 0 Å². The van der Waals surface area contributed by atoms with Crippen molar-refractivity contribution in [2.24, 2.45) is 0 Å². The molecule has 2 aromatic rings. The molecule has 0 radical (unpaired) electrons. The summed E-state index contributed by atoms with van der Waals surface area (Å²) < 4.78 is 0. The van der Waals surface area contributed by atoms with Gasteiger partial charge in [-0.15, -0.1) is 11.3 Å². The lowest BCUT2D eigenvalue weighted by Crippen LogP contribution is -2.22. The van der Waals surface area contributed by atoms with Crippen molar-refractivity contribution in [3.8, 4) is 0 Å². The molecular weight excluding hydrogens is 287 g/mol. The van der Waals surface area contributed by atoms with Gasteiger partial charge in [-0.1, -0.05) is 42.3 Å². The molecule has 2 nitrogen and oxygen atoms in total. The molecule has 1 aromatic carbocycles. The van der Waals surface area contributed by atoms with Gasteiger partial charge in [-0.3, -0.25) is 4.98 Å². The molecule has 0 amide bonds. The summed E-state index contributed by atoms with van der Waals surface area (Å²) in [7, 11) is 0. The molecule has 0 aliphatic carbocycles. The van der Waals surface area contributed by atoms with E-state index in [0.29, 0.717) is 10.0 Å². The fraction of sp³-hybridized carbons (Fsp3) is 0.308. The highest BCUT2D eigenvalue weighted by Crippen LogP contribution is 2.30. The molecule has 0 saturated carbocycles. The Morgan fingerprint density at radius 3 is 2.89 bits per heavy atom. The lowest BCUT2D eigenvalue weighted by molar-refractivity contribution is 0.557. The second kappa shape index (κ2) is 6.53. The van der Waals surface area contributed by atoms with Gasteiger partial charge in [-0.2, -0.15) is 0 Å². The molecule has 1 aromatic heterocycles. The van der Waals surface area contributed by atoms with Gasteiger partial charge in [0.2, 0.25) is 0 Å². The first-order valence-electron chi connectivity index (χ1n) is 5.77. The van der Waals surface area contributed by atoms with Gasteiger partial charge >= 0.3 is 0 Å². The largest absolute Gasteiger partial charge is 0.309 e. The minimum Gasteiger partial charge on any atom is -0.309 e. The lowest BCUT2D eigenvalue weighted by atomic mass is 10.0. The van der Waals surface area contributed by atoms with Crippen molar-refractivity contribution in [3.05, 3.63) is 50.4 Å². The predicted molar refractivity (Wildman–Crippen MR) is 78.7 cm³/mol. The fourth-order valence-corrected chi connectivity index (χ4v) is 2.94. The van der Waals surface area contributed by atoms with Crippen LogP contribution in [0.2, 0.25) is 10.0 Å². The van der Waals surface area contributed by atoms with Crippen molar-refractivity contribution in [2.45, 2.75) is 19.4 Å². The molecule has 1 N–H and O–H groups in total. The fourth-order valence-electron chi connectivity index (χ4n) is 1.84. The van der Waals surface area contributed by atoms with Crippen molar-refractivity contribution in [1.82, 2.24) is 10.3 Å². The molecule has 0 aliphatic heterocycles. The van der Waals surface area contributed by atoms with E-state index in [4.69, 9.17) is 23.2 Å². The Hall–Kier alpha value is -0.610. The van der Waals surface area contributed by atoms with Crippen LogP contribution in [0.3, 0.4) is 0 Å². The summed E-state index contributed by atoms with van der Waals surface area (Å²) in [5.41, 5.74) is 2.91. The maximum Gasteiger partial charge on any atom is 0.0794 e. The second-order valence-electron chi connectivity index (χ2n) is 3.93. The molecule has 96 valence electrons. The standard InChI is InChI=1S/C13H14Cl2N2S/c1-2-17-11(12-7-16-8-18-12)6-9-4-3-5-10(14)13(9)15/h3-5,7-8,11,17H,2,6H2,1H3. The van der Waals surface area contributed by atoms with Crippen molar-refractivity contribution in [2.75, 3.05) is 6.54 Å². The second-order valence-corrected chi connectivity index (χ2v) is 5.63. The summed E-state index contributed by atoms with van der Waals surface area (Å²) in [4.78, 5) is 5.34. The number of nitrogens with zero attached hydrogens (tertiary/aromatic N) is 1. The first-order chi connectivity index (χ1) is 8.72. The molecular formula is C13H14Cl2N2S. The molecule has 0 aliphatic rings. The molecule has 1 unspecified atom stereocenters. The van der Waals surface area contributed by atoms with E-state index in [0.717, 1.165) is 18.5 Å². The number of aromatic nitrogens is 1. The number of halogens is 2. The normalized spacial score (nSPS) is 12.6. The van der Waals surface area contributed by atoms with Gasteiger partial charge in [0.25, 0.3) is 0 Å². The summed E-state index contributed by atoms with van der Waals surface area (Å²) in [6.45, 7) is 2.99. The van der Waals surface area contributed by atoms with Crippen molar-refractivity contribution < 1.29 is 0 Å². The third-order valence-corrected chi connectivity index (χ3v) is 4.45. The highest BCUT2D eigenvalue weighted by Gasteiger charge is 2.15. The van der Waals surface area contributed by atoms with Crippen LogP contribution in [0.5, 0.6) is 0 Å². The molecule has 5 heteroatoms. The molecule has 0 bridgehead atoms. The third kappa shape index (κ3) is 3.23. The zero-order valence-electron chi connectivity index (χ0n) is 9.99. The highest BCUT2D eigenvalue weighted by molar-refractivity contribution is 7.09. The van der Waals surface area contributed by atoms with Gasteiger partial charge in [0, 0.05) is 17.1 Å². The summed E-state index contributed by atoms with van der Waals surface area (Å²) in [5.74, 6) is 0. The highest BCUT2D eigenvalue weighted by atomic mass is 35.5. The van der Waals surface area contributed by atoms with Crippen LogP contribution >= 0.6 is 34.5 Å². The van der Waals surface area contributed by atoms with E-state index < -0.39 is 0 Å². The van der Waals surface area contributed by atoms with Gasteiger partial charge in [0.1, 0.15) is 0 Å². The molecule has 2 rings (SSSR count). The van der Waals surface area contributed by atoms with E-state index in [2.05, 4.69) is 17.2 Å². The van der Waals surface area contributed by atoms with E-state index in [1.54, 1.807) is 11.3 Å². The van der Waals surface area contributed by atoms with Crippen molar-refractivity contribution >= 4 is 34.5 Å². The van der Waals surface area contributed by atoms with Crippen LogP contribution < -0.4 is 5.32 Å². The van der Waals surface area contributed by atoms with Crippen LogP contribution in [0, 0.1) is 0 Å². The molecule has 1 atom stereocenters. The van der Waals surface area contributed by atoms with E-state index in [-0.39, 0.29) is 6.04 Å². The zero-order chi connectivity index (χ0) is 13.0. The molecule has 0 spiro atoms. The molecule has 1 heterocycles. The Morgan fingerprint density at radius 1 is 1.39 bits per heavy atom. The maximum absolute atomic E-state index is 6.23. The van der Waals surface area contributed by atoms with Crippen molar-refractivity contribution in [1.29, 1.82) is 0 Å². The topological polar surface area (TPSA) is 24.9 Å². The lowest BCUT2D eigenvalue weighted by Gasteiger charge is -2.17. The monoisotopic (exact) mass is 300 g/mol.